The van der Waals surface area contributed by atoms with Crippen molar-refractivity contribution < 1.29 is 9.18 Å². The van der Waals surface area contributed by atoms with Crippen LogP contribution in [0.3, 0.4) is 0 Å². The fourth-order valence-electron chi connectivity index (χ4n) is 3.88. The first-order chi connectivity index (χ1) is 14.0. The number of hydrogen-bond acceptors (Lipinski definition) is 4. The number of nitrogens with one attached hydrogen (secondary N) is 2. The van der Waals surface area contributed by atoms with Crippen molar-refractivity contribution in [2.24, 2.45) is 13.0 Å². The summed E-state index contributed by atoms with van der Waals surface area (Å²) in [6.45, 7) is 3.22. The number of pyridine rings is 1. The molecule has 1 fully saturated rings. The number of carbonyl (C=O) groups is 1. The summed E-state index contributed by atoms with van der Waals surface area (Å²) >= 11 is 0. The Hall–Kier alpha value is -2.80. The average molecular weight is 395 g/mol. The Bertz CT molecular complexity index is 1020. The molecule has 4 rings (SSSR count). The summed E-state index contributed by atoms with van der Waals surface area (Å²) in [5.41, 5.74) is 2.69. The number of nitrogens with zero attached hydrogens (tertiary/aromatic N) is 3. The van der Waals surface area contributed by atoms with Crippen LogP contribution in [0.15, 0.2) is 36.7 Å². The topological polar surface area (TPSA) is 71.8 Å². The molecule has 0 radical (unpaired) electrons. The van der Waals surface area contributed by atoms with Gasteiger partial charge in [-0.25, -0.2) is 9.37 Å². The lowest BCUT2D eigenvalue weighted by atomic mass is 9.97. The van der Waals surface area contributed by atoms with Crippen molar-refractivity contribution in [3.63, 3.8) is 0 Å². The van der Waals surface area contributed by atoms with Crippen molar-refractivity contribution in [3.8, 4) is 11.1 Å². The van der Waals surface area contributed by atoms with E-state index < -0.39 is 6.17 Å². The Morgan fingerprint density at radius 2 is 2.10 bits per heavy atom. The number of rotatable bonds is 5. The predicted octanol–water partition coefficient (Wildman–Crippen LogP) is 3.47. The van der Waals surface area contributed by atoms with Gasteiger partial charge in [0.15, 0.2) is 0 Å². The van der Waals surface area contributed by atoms with Crippen LogP contribution in [0.25, 0.3) is 21.9 Å². The molecule has 0 spiro atoms. The SMILES string of the molecule is C[C@@H](F)Cc1nc(NC(=O)C2CCNCC2)cc2cc(-c3cnn(C)c3)ccc12. The van der Waals surface area contributed by atoms with Crippen LogP contribution < -0.4 is 10.6 Å². The quantitative estimate of drug-likeness (QED) is 0.694. The maximum Gasteiger partial charge on any atom is 0.228 e. The minimum atomic E-state index is -1.01. The van der Waals surface area contributed by atoms with Crippen LogP contribution in [-0.2, 0) is 18.3 Å². The lowest BCUT2D eigenvalue weighted by Gasteiger charge is -2.22. The Morgan fingerprint density at radius 3 is 2.79 bits per heavy atom. The van der Waals surface area contributed by atoms with Crippen molar-refractivity contribution in [3.05, 3.63) is 42.4 Å². The highest BCUT2D eigenvalue weighted by atomic mass is 19.1. The van der Waals surface area contributed by atoms with Crippen molar-refractivity contribution in [2.45, 2.75) is 32.4 Å². The minimum Gasteiger partial charge on any atom is -0.317 e. The van der Waals surface area contributed by atoms with Crippen LogP contribution in [0.1, 0.15) is 25.5 Å². The van der Waals surface area contributed by atoms with Crippen LogP contribution in [0.5, 0.6) is 0 Å². The van der Waals surface area contributed by atoms with E-state index in [0.29, 0.717) is 11.5 Å². The number of alkyl halides is 1. The monoisotopic (exact) mass is 395 g/mol. The molecular weight excluding hydrogens is 369 g/mol. The molecule has 0 aliphatic carbocycles. The van der Waals surface area contributed by atoms with Crippen LogP contribution >= 0.6 is 0 Å². The Kier molecular flexibility index (Phi) is 5.58. The fraction of sp³-hybridized carbons (Fsp3) is 0.409. The molecule has 0 bridgehead atoms. The largest absolute Gasteiger partial charge is 0.317 e. The first-order valence-corrected chi connectivity index (χ1v) is 10.1. The number of piperidine rings is 1. The normalized spacial score (nSPS) is 16.1. The smallest absolute Gasteiger partial charge is 0.228 e. The number of benzene rings is 1. The van der Waals surface area contributed by atoms with Gasteiger partial charge in [0.25, 0.3) is 0 Å². The zero-order valence-electron chi connectivity index (χ0n) is 16.8. The molecule has 152 valence electrons. The van der Waals surface area contributed by atoms with Gasteiger partial charge in [-0.2, -0.15) is 5.10 Å². The van der Waals surface area contributed by atoms with E-state index in [-0.39, 0.29) is 18.2 Å². The van der Waals surface area contributed by atoms with Gasteiger partial charge in [0.05, 0.1) is 11.9 Å². The molecule has 7 heteroatoms. The number of carbonyl (C=O) groups excluding carboxylic acids is 1. The van der Waals surface area contributed by atoms with Gasteiger partial charge in [-0.05, 0) is 55.9 Å². The predicted molar refractivity (Wildman–Crippen MR) is 112 cm³/mol. The molecule has 6 nitrogen and oxygen atoms in total. The van der Waals surface area contributed by atoms with E-state index in [9.17, 15) is 9.18 Å². The van der Waals surface area contributed by atoms with Gasteiger partial charge >= 0.3 is 0 Å². The van der Waals surface area contributed by atoms with Crippen LogP contribution in [0.4, 0.5) is 10.2 Å². The molecule has 1 saturated heterocycles. The van der Waals surface area contributed by atoms with E-state index in [1.807, 2.05) is 43.7 Å². The summed E-state index contributed by atoms with van der Waals surface area (Å²) in [6.07, 6.45) is 4.59. The Labute approximate surface area is 169 Å². The second kappa shape index (κ2) is 8.29. The molecule has 1 aliphatic heterocycles. The molecule has 1 aromatic carbocycles. The van der Waals surface area contributed by atoms with E-state index in [0.717, 1.165) is 47.8 Å². The molecule has 1 atom stereocenters. The van der Waals surface area contributed by atoms with Gasteiger partial charge in [0.1, 0.15) is 12.0 Å². The van der Waals surface area contributed by atoms with Crippen LogP contribution in [0.2, 0.25) is 0 Å². The average Bonchev–Trinajstić information content (AvgIpc) is 3.14. The lowest BCUT2D eigenvalue weighted by Crippen LogP contribution is -2.34. The lowest BCUT2D eigenvalue weighted by molar-refractivity contribution is -0.120. The summed E-state index contributed by atoms with van der Waals surface area (Å²) in [5, 5.41) is 12.3. The van der Waals surface area contributed by atoms with E-state index in [1.165, 1.54) is 6.92 Å². The summed E-state index contributed by atoms with van der Waals surface area (Å²) in [4.78, 5) is 17.2. The molecule has 1 amide bonds. The number of halogens is 1. The molecule has 3 heterocycles. The van der Waals surface area contributed by atoms with E-state index >= 15 is 0 Å². The van der Waals surface area contributed by atoms with Crippen molar-refractivity contribution in [1.29, 1.82) is 0 Å². The summed E-state index contributed by atoms with van der Waals surface area (Å²) < 4.78 is 15.6. The zero-order chi connectivity index (χ0) is 20.4. The minimum absolute atomic E-state index is 0.0130. The third kappa shape index (κ3) is 4.45. The third-order valence-corrected chi connectivity index (χ3v) is 5.38. The molecule has 29 heavy (non-hydrogen) atoms. The molecule has 2 N–H and O–H groups in total. The molecule has 2 aromatic heterocycles. The molecular formula is C22H26FN5O. The summed E-state index contributed by atoms with van der Waals surface area (Å²) in [7, 11) is 1.88. The van der Waals surface area contributed by atoms with Gasteiger partial charge in [-0.3, -0.25) is 9.48 Å². The number of aryl methyl sites for hydroxylation is 1. The number of anilines is 1. The van der Waals surface area contributed by atoms with Gasteiger partial charge in [0.2, 0.25) is 5.91 Å². The standard InChI is InChI=1S/C22H26FN5O/c1-14(23)9-20-19-4-3-16(18-12-25-28(2)13-18)10-17(19)11-21(26-20)27-22(29)15-5-7-24-8-6-15/h3-4,10-15,24H,5-9H2,1-2H3,(H,26,27,29)/t14-/m1/s1. The highest BCUT2D eigenvalue weighted by Gasteiger charge is 2.22. The van der Waals surface area contributed by atoms with Crippen LogP contribution in [-0.4, -0.2) is 39.9 Å². The third-order valence-electron chi connectivity index (χ3n) is 5.38. The number of hydrogen-bond donors (Lipinski definition) is 2. The Balaban J connectivity index is 1.70. The van der Waals surface area contributed by atoms with E-state index in [1.54, 1.807) is 4.68 Å². The van der Waals surface area contributed by atoms with E-state index in [2.05, 4.69) is 20.7 Å². The number of aromatic nitrogens is 3. The second-order valence-electron chi connectivity index (χ2n) is 7.79. The van der Waals surface area contributed by atoms with Gasteiger partial charge < -0.3 is 10.6 Å². The second-order valence-corrected chi connectivity index (χ2v) is 7.79. The zero-order valence-corrected chi connectivity index (χ0v) is 16.8. The first kappa shape index (κ1) is 19.5. The van der Waals surface area contributed by atoms with Crippen LogP contribution in [0, 0.1) is 5.92 Å². The van der Waals surface area contributed by atoms with Crippen molar-refractivity contribution >= 4 is 22.5 Å². The highest BCUT2D eigenvalue weighted by molar-refractivity contribution is 5.96. The van der Waals surface area contributed by atoms with Crippen molar-refractivity contribution in [2.75, 3.05) is 18.4 Å². The molecule has 0 saturated carbocycles. The van der Waals surface area contributed by atoms with E-state index in [4.69, 9.17) is 0 Å². The fourth-order valence-corrected chi connectivity index (χ4v) is 3.88. The number of fused-ring (bicyclic) bond motifs is 1. The number of amides is 1. The Morgan fingerprint density at radius 1 is 1.31 bits per heavy atom. The first-order valence-electron chi connectivity index (χ1n) is 10.1. The van der Waals surface area contributed by atoms with Gasteiger partial charge in [-0.1, -0.05) is 12.1 Å². The summed E-state index contributed by atoms with van der Waals surface area (Å²) in [5.74, 6) is 0.458. The van der Waals surface area contributed by atoms with Gasteiger partial charge in [0, 0.05) is 36.5 Å². The molecule has 3 aromatic rings. The maximum absolute atomic E-state index is 13.8. The van der Waals surface area contributed by atoms with Gasteiger partial charge in [-0.15, -0.1) is 0 Å². The maximum atomic E-state index is 13.8. The highest BCUT2D eigenvalue weighted by Crippen LogP contribution is 2.28. The molecule has 1 aliphatic rings. The summed E-state index contributed by atoms with van der Waals surface area (Å²) in [6, 6.07) is 7.89. The van der Waals surface area contributed by atoms with Crippen molar-refractivity contribution in [1.82, 2.24) is 20.1 Å². The molecule has 0 unspecified atom stereocenters.